The maximum Gasteiger partial charge on any atom is 0.407 e. The highest BCUT2D eigenvalue weighted by atomic mass is 32.2. The first-order valence-corrected chi connectivity index (χ1v) is 10.2. The van der Waals surface area contributed by atoms with Crippen LogP contribution in [0.5, 0.6) is 0 Å². The molecule has 10 heteroatoms. The lowest BCUT2D eigenvalue weighted by atomic mass is 9.97. The average Bonchev–Trinajstić information content (AvgIpc) is 2.33. The third-order valence-corrected chi connectivity index (χ3v) is 4.77. The minimum absolute atomic E-state index is 0.00372. The van der Waals surface area contributed by atoms with Crippen LogP contribution in [0, 0.1) is 0 Å². The van der Waals surface area contributed by atoms with Gasteiger partial charge in [0, 0.05) is 18.8 Å². The second-order valence-electron chi connectivity index (χ2n) is 7.46. The van der Waals surface area contributed by atoms with Crippen LogP contribution in [0.4, 0.5) is 18.0 Å². The van der Waals surface area contributed by atoms with Crippen molar-refractivity contribution in [1.82, 2.24) is 10.2 Å². The summed E-state index contributed by atoms with van der Waals surface area (Å²) in [6, 6.07) is -2.09. The van der Waals surface area contributed by atoms with Gasteiger partial charge < -0.3 is 10.1 Å². The van der Waals surface area contributed by atoms with Gasteiger partial charge in [0.15, 0.2) is 0 Å². The third kappa shape index (κ3) is 8.75. The topological polar surface area (TPSA) is 75.7 Å². The van der Waals surface area contributed by atoms with Crippen LogP contribution in [0.1, 0.15) is 40.0 Å². The molecule has 0 spiro atoms. The number of ether oxygens (including phenoxy) is 1. The fraction of sp³-hybridized carbons (Fsp3) is 0.933. The highest BCUT2D eigenvalue weighted by Crippen LogP contribution is 2.32. The van der Waals surface area contributed by atoms with E-state index in [1.165, 1.54) is 4.90 Å². The fourth-order valence-corrected chi connectivity index (χ4v) is 3.44. The van der Waals surface area contributed by atoms with Crippen molar-refractivity contribution in [3.05, 3.63) is 0 Å². The lowest BCUT2D eigenvalue weighted by Gasteiger charge is -2.40. The number of alkyl carbamates (subject to hydrolysis) is 1. The van der Waals surface area contributed by atoms with Gasteiger partial charge in [0.1, 0.15) is 21.5 Å². The van der Waals surface area contributed by atoms with Crippen LogP contribution in [-0.2, 0) is 14.6 Å². The molecule has 0 aromatic rings. The first kappa shape index (κ1) is 22.0. The molecule has 148 valence electrons. The van der Waals surface area contributed by atoms with E-state index in [2.05, 4.69) is 5.32 Å². The van der Waals surface area contributed by atoms with E-state index in [0.717, 1.165) is 6.26 Å². The van der Waals surface area contributed by atoms with Gasteiger partial charge in [-0.3, -0.25) is 4.90 Å². The molecule has 1 rings (SSSR count). The van der Waals surface area contributed by atoms with E-state index in [9.17, 15) is 26.4 Å². The molecule has 25 heavy (non-hydrogen) atoms. The van der Waals surface area contributed by atoms with Gasteiger partial charge in [-0.15, -0.1) is 0 Å². The van der Waals surface area contributed by atoms with Gasteiger partial charge in [-0.05, 0) is 46.6 Å². The Morgan fingerprint density at radius 2 is 1.84 bits per heavy atom. The van der Waals surface area contributed by atoms with Crippen LogP contribution in [0.15, 0.2) is 0 Å². The molecule has 1 heterocycles. The summed E-state index contributed by atoms with van der Waals surface area (Å²) in [7, 11) is -3.23. The average molecular weight is 388 g/mol. The molecule has 0 radical (unpaired) electrons. The van der Waals surface area contributed by atoms with Crippen LogP contribution in [-0.4, -0.2) is 68.4 Å². The second kappa shape index (κ2) is 8.11. The highest BCUT2D eigenvalue weighted by Gasteiger charge is 2.46. The number of piperidine rings is 1. The van der Waals surface area contributed by atoms with E-state index in [0.29, 0.717) is 0 Å². The number of sulfone groups is 1. The number of hydrogen-bond donors (Lipinski definition) is 1. The summed E-state index contributed by atoms with van der Waals surface area (Å²) in [6.07, 6.45) is -3.85. The predicted molar refractivity (Wildman–Crippen MR) is 88.1 cm³/mol. The molecule has 0 saturated carbocycles. The maximum absolute atomic E-state index is 13.2. The largest absolute Gasteiger partial charge is 0.444 e. The van der Waals surface area contributed by atoms with Crippen molar-refractivity contribution in [2.24, 2.45) is 0 Å². The summed E-state index contributed by atoms with van der Waals surface area (Å²) in [5.41, 5.74) is -0.692. The van der Waals surface area contributed by atoms with Gasteiger partial charge in [-0.2, -0.15) is 13.2 Å². The molecule has 0 aromatic heterocycles. The molecule has 1 amide bonds. The zero-order chi connectivity index (χ0) is 19.5. The van der Waals surface area contributed by atoms with E-state index in [1.807, 2.05) is 0 Å². The van der Waals surface area contributed by atoms with Gasteiger partial charge in [0.2, 0.25) is 0 Å². The summed E-state index contributed by atoms with van der Waals surface area (Å²) in [5, 5.41) is 2.60. The fourth-order valence-electron chi connectivity index (χ4n) is 2.78. The van der Waals surface area contributed by atoms with Crippen LogP contribution in [0.3, 0.4) is 0 Å². The predicted octanol–water partition coefficient (Wildman–Crippen LogP) is 2.34. The molecule has 1 aliphatic heterocycles. The quantitative estimate of drug-likeness (QED) is 0.782. The van der Waals surface area contributed by atoms with Crippen molar-refractivity contribution in [1.29, 1.82) is 0 Å². The first-order valence-electron chi connectivity index (χ1n) is 8.15. The van der Waals surface area contributed by atoms with Gasteiger partial charge >= 0.3 is 12.3 Å². The molecule has 0 aliphatic carbocycles. The lowest BCUT2D eigenvalue weighted by Crippen LogP contribution is -2.57. The summed E-state index contributed by atoms with van der Waals surface area (Å²) in [6.45, 7) is 5.11. The Kier molecular flexibility index (Phi) is 7.14. The highest BCUT2D eigenvalue weighted by molar-refractivity contribution is 7.90. The Labute approximate surface area is 147 Å². The molecule has 0 unspecified atom stereocenters. The van der Waals surface area contributed by atoms with Crippen molar-refractivity contribution in [2.75, 3.05) is 25.1 Å². The number of alkyl halides is 3. The smallest absolute Gasteiger partial charge is 0.407 e. The number of nitrogens with zero attached hydrogens (tertiary/aromatic N) is 1. The normalized spacial score (nSPS) is 23.3. The number of nitrogens with one attached hydrogen (secondary N) is 1. The molecule has 1 fully saturated rings. The van der Waals surface area contributed by atoms with Crippen molar-refractivity contribution < 1.29 is 31.1 Å². The minimum atomic E-state index is -4.39. The summed E-state index contributed by atoms with van der Waals surface area (Å²) < 4.78 is 67.1. The molecule has 1 saturated heterocycles. The second-order valence-corrected chi connectivity index (χ2v) is 9.72. The Morgan fingerprint density at radius 1 is 1.24 bits per heavy atom. The van der Waals surface area contributed by atoms with E-state index in [4.69, 9.17) is 4.74 Å². The van der Waals surface area contributed by atoms with Crippen molar-refractivity contribution in [3.63, 3.8) is 0 Å². The number of carbonyl (C=O) groups is 1. The van der Waals surface area contributed by atoms with Crippen LogP contribution in [0.2, 0.25) is 0 Å². The number of amides is 1. The van der Waals surface area contributed by atoms with Crippen molar-refractivity contribution >= 4 is 15.9 Å². The zero-order valence-electron chi connectivity index (χ0n) is 15.0. The minimum Gasteiger partial charge on any atom is -0.444 e. The van der Waals surface area contributed by atoms with Crippen molar-refractivity contribution in [2.45, 2.75) is 63.9 Å². The van der Waals surface area contributed by atoms with Crippen molar-refractivity contribution in [3.8, 4) is 0 Å². The number of carbonyl (C=O) groups excluding carboxylic acids is 1. The summed E-state index contributed by atoms with van der Waals surface area (Å²) >= 11 is 0. The van der Waals surface area contributed by atoms with E-state index >= 15 is 0 Å². The molecule has 2 atom stereocenters. The Morgan fingerprint density at radius 3 is 2.32 bits per heavy atom. The Bertz CT molecular complexity index is 558. The van der Waals surface area contributed by atoms with E-state index in [-0.39, 0.29) is 38.1 Å². The molecule has 1 N–H and O–H groups in total. The number of likely N-dealkylation sites (tertiary alicyclic amines) is 1. The Hall–Kier alpha value is -1.03. The first-order chi connectivity index (χ1) is 11.2. The van der Waals surface area contributed by atoms with Crippen LogP contribution >= 0.6 is 0 Å². The third-order valence-electron chi connectivity index (χ3n) is 3.74. The van der Waals surface area contributed by atoms with E-state index in [1.54, 1.807) is 20.8 Å². The number of halogens is 3. The summed E-state index contributed by atoms with van der Waals surface area (Å²) in [4.78, 5) is 13.0. The number of hydrogen-bond acceptors (Lipinski definition) is 5. The molecule has 0 bridgehead atoms. The zero-order valence-corrected chi connectivity index (χ0v) is 15.8. The molecular formula is C15H27F3N2O4S. The number of rotatable bonds is 5. The molecular weight excluding hydrogens is 361 g/mol. The van der Waals surface area contributed by atoms with Gasteiger partial charge in [-0.25, -0.2) is 13.2 Å². The maximum atomic E-state index is 13.2. The SMILES string of the molecule is CC(C)(C)OC(=O)N[C@@H]1CC[C@@H](C(F)(F)F)N(CCCS(C)(=O)=O)C1. The van der Waals surface area contributed by atoms with Gasteiger partial charge in [0.25, 0.3) is 0 Å². The molecule has 0 aromatic carbocycles. The lowest BCUT2D eigenvalue weighted by molar-refractivity contribution is -0.192. The summed E-state index contributed by atoms with van der Waals surface area (Å²) in [5.74, 6) is -0.168. The van der Waals surface area contributed by atoms with Gasteiger partial charge in [-0.1, -0.05) is 0 Å². The Balaban J connectivity index is 2.68. The van der Waals surface area contributed by atoms with E-state index < -0.39 is 39.8 Å². The molecule has 1 aliphatic rings. The standard InChI is InChI=1S/C15H27F3N2O4S/c1-14(2,3)24-13(21)19-11-6-7-12(15(16,17)18)20(10-11)8-5-9-25(4,22)23/h11-12H,5-10H2,1-4H3,(H,19,21)/t11-,12+/m1/s1. The molecule has 6 nitrogen and oxygen atoms in total. The van der Waals surface area contributed by atoms with Crippen LogP contribution in [0.25, 0.3) is 0 Å². The van der Waals surface area contributed by atoms with Gasteiger partial charge in [0.05, 0.1) is 5.75 Å². The monoisotopic (exact) mass is 388 g/mol. The van der Waals surface area contributed by atoms with Crippen LogP contribution < -0.4 is 5.32 Å².